The van der Waals surface area contributed by atoms with Crippen molar-refractivity contribution < 1.29 is 4.79 Å². The van der Waals surface area contributed by atoms with Gasteiger partial charge in [-0.1, -0.05) is 18.2 Å². The minimum absolute atomic E-state index is 0.210. The second kappa shape index (κ2) is 7.32. The van der Waals surface area contributed by atoms with Gasteiger partial charge in [-0.3, -0.25) is 9.48 Å². The standard InChI is InChI=1S/C17H15BrN6O/c1-12-15(18)11-23(22-12)8-7-16(25)21-17-13(9-19)10-20-24(17)14-5-3-2-4-6-14/h2-6,10-11H,7-8H2,1H3,(H,21,25). The molecule has 1 aromatic carbocycles. The number of para-hydroxylation sites is 1. The summed E-state index contributed by atoms with van der Waals surface area (Å²) >= 11 is 3.39. The van der Waals surface area contributed by atoms with Crippen molar-refractivity contribution in [2.75, 3.05) is 5.32 Å². The number of nitrogens with one attached hydrogen (secondary N) is 1. The van der Waals surface area contributed by atoms with Crippen molar-refractivity contribution in [1.29, 1.82) is 5.26 Å². The molecule has 0 aliphatic carbocycles. The first kappa shape index (κ1) is 16.9. The van der Waals surface area contributed by atoms with Crippen LogP contribution in [0.15, 0.2) is 47.2 Å². The van der Waals surface area contributed by atoms with Crippen LogP contribution in [0.25, 0.3) is 5.69 Å². The summed E-state index contributed by atoms with van der Waals surface area (Å²) in [6.45, 7) is 2.33. The molecule has 25 heavy (non-hydrogen) atoms. The zero-order chi connectivity index (χ0) is 17.8. The minimum Gasteiger partial charge on any atom is -0.309 e. The van der Waals surface area contributed by atoms with Crippen molar-refractivity contribution >= 4 is 27.7 Å². The topological polar surface area (TPSA) is 88.5 Å². The highest BCUT2D eigenvalue weighted by atomic mass is 79.9. The number of halogens is 1. The Kier molecular flexibility index (Phi) is 4.95. The zero-order valence-electron chi connectivity index (χ0n) is 13.5. The zero-order valence-corrected chi connectivity index (χ0v) is 15.1. The van der Waals surface area contributed by atoms with Crippen LogP contribution in [0.1, 0.15) is 17.7 Å². The van der Waals surface area contributed by atoms with Gasteiger partial charge in [0.2, 0.25) is 5.91 Å². The summed E-state index contributed by atoms with van der Waals surface area (Å²) in [7, 11) is 0. The highest BCUT2D eigenvalue weighted by Gasteiger charge is 2.15. The van der Waals surface area contributed by atoms with Gasteiger partial charge in [-0.05, 0) is 35.0 Å². The van der Waals surface area contributed by atoms with Gasteiger partial charge in [-0.25, -0.2) is 4.68 Å². The number of amides is 1. The van der Waals surface area contributed by atoms with E-state index in [2.05, 4.69) is 37.5 Å². The fourth-order valence-corrected chi connectivity index (χ4v) is 2.65. The predicted molar refractivity (Wildman–Crippen MR) is 96.2 cm³/mol. The second-order valence-electron chi connectivity index (χ2n) is 5.39. The number of aromatic nitrogens is 4. The number of aryl methyl sites for hydroxylation is 2. The average Bonchev–Trinajstić information content (AvgIpc) is 3.17. The largest absolute Gasteiger partial charge is 0.309 e. The van der Waals surface area contributed by atoms with Crippen LogP contribution in [0.2, 0.25) is 0 Å². The van der Waals surface area contributed by atoms with Gasteiger partial charge in [0.15, 0.2) is 5.82 Å². The fraction of sp³-hybridized carbons (Fsp3) is 0.176. The molecule has 0 spiro atoms. The molecule has 0 aliphatic heterocycles. The van der Waals surface area contributed by atoms with Crippen LogP contribution in [-0.2, 0) is 11.3 Å². The van der Waals surface area contributed by atoms with Gasteiger partial charge < -0.3 is 5.32 Å². The first-order chi connectivity index (χ1) is 12.1. The first-order valence-electron chi connectivity index (χ1n) is 7.61. The SMILES string of the molecule is Cc1nn(CCC(=O)Nc2c(C#N)cnn2-c2ccccc2)cc1Br. The Morgan fingerprint density at radius 1 is 1.36 bits per heavy atom. The lowest BCUT2D eigenvalue weighted by atomic mass is 10.3. The molecule has 126 valence electrons. The third kappa shape index (κ3) is 3.78. The molecule has 0 bridgehead atoms. The Balaban J connectivity index is 1.74. The van der Waals surface area contributed by atoms with Crippen molar-refractivity contribution in [3.05, 3.63) is 58.5 Å². The average molecular weight is 399 g/mol. The van der Waals surface area contributed by atoms with Crippen molar-refractivity contribution in [3.8, 4) is 11.8 Å². The van der Waals surface area contributed by atoms with E-state index in [0.29, 0.717) is 17.9 Å². The van der Waals surface area contributed by atoms with Crippen LogP contribution in [-0.4, -0.2) is 25.5 Å². The highest BCUT2D eigenvalue weighted by Crippen LogP contribution is 2.20. The van der Waals surface area contributed by atoms with Crippen LogP contribution in [0.3, 0.4) is 0 Å². The van der Waals surface area contributed by atoms with Crippen molar-refractivity contribution in [3.63, 3.8) is 0 Å². The van der Waals surface area contributed by atoms with Crippen molar-refractivity contribution in [1.82, 2.24) is 19.6 Å². The van der Waals surface area contributed by atoms with Gasteiger partial charge in [0.25, 0.3) is 0 Å². The lowest BCUT2D eigenvalue weighted by Gasteiger charge is -2.09. The fourth-order valence-electron chi connectivity index (χ4n) is 2.33. The number of carbonyl (C=O) groups is 1. The molecular formula is C17H15BrN6O. The monoisotopic (exact) mass is 398 g/mol. The summed E-state index contributed by atoms with van der Waals surface area (Å²) in [5.74, 6) is 0.162. The van der Waals surface area contributed by atoms with E-state index < -0.39 is 0 Å². The summed E-state index contributed by atoms with van der Waals surface area (Å²) in [4.78, 5) is 12.3. The molecule has 0 saturated carbocycles. The van der Waals surface area contributed by atoms with Gasteiger partial charge in [0.05, 0.1) is 22.1 Å². The van der Waals surface area contributed by atoms with E-state index in [0.717, 1.165) is 15.9 Å². The lowest BCUT2D eigenvalue weighted by molar-refractivity contribution is -0.116. The van der Waals surface area contributed by atoms with Crippen LogP contribution < -0.4 is 5.32 Å². The summed E-state index contributed by atoms with van der Waals surface area (Å²) in [5, 5.41) is 20.5. The molecule has 0 unspecified atom stereocenters. The molecule has 1 N–H and O–H groups in total. The Hall–Kier alpha value is -2.92. The first-order valence-corrected chi connectivity index (χ1v) is 8.40. The second-order valence-corrected chi connectivity index (χ2v) is 6.24. The number of rotatable bonds is 5. The molecule has 3 rings (SSSR count). The molecule has 2 aromatic heterocycles. The Morgan fingerprint density at radius 3 is 2.76 bits per heavy atom. The normalized spacial score (nSPS) is 10.4. The van der Waals surface area contributed by atoms with Crippen LogP contribution >= 0.6 is 15.9 Å². The van der Waals surface area contributed by atoms with Crippen LogP contribution in [0, 0.1) is 18.3 Å². The van der Waals surface area contributed by atoms with Crippen molar-refractivity contribution in [2.24, 2.45) is 0 Å². The maximum atomic E-state index is 12.3. The number of nitrogens with zero attached hydrogens (tertiary/aromatic N) is 5. The number of anilines is 1. The van der Waals surface area contributed by atoms with E-state index in [1.165, 1.54) is 6.20 Å². The van der Waals surface area contributed by atoms with Gasteiger partial charge in [0.1, 0.15) is 11.6 Å². The molecule has 1 amide bonds. The van der Waals surface area contributed by atoms with Crippen molar-refractivity contribution in [2.45, 2.75) is 19.9 Å². The van der Waals surface area contributed by atoms with E-state index in [-0.39, 0.29) is 12.3 Å². The third-order valence-electron chi connectivity index (χ3n) is 3.60. The lowest BCUT2D eigenvalue weighted by Crippen LogP contribution is -2.18. The number of carbonyl (C=O) groups excluding carboxylic acids is 1. The molecule has 0 fully saturated rings. The van der Waals surface area contributed by atoms with Gasteiger partial charge in [-0.2, -0.15) is 15.5 Å². The number of hydrogen-bond acceptors (Lipinski definition) is 4. The summed E-state index contributed by atoms with van der Waals surface area (Å²) in [6.07, 6.45) is 3.51. The van der Waals surface area contributed by atoms with Gasteiger partial charge in [-0.15, -0.1) is 0 Å². The maximum absolute atomic E-state index is 12.3. The smallest absolute Gasteiger partial charge is 0.227 e. The molecular weight excluding hydrogens is 384 g/mol. The van der Waals surface area contributed by atoms with E-state index in [4.69, 9.17) is 0 Å². The molecule has 3 aromatic rings. The molecule has 0 aliphatic rings. The Morgan fingerprint density at radius 2 is 2.12 bits per heavy atom. The van der Waals surface area contributed by atoms with E-state index in [1.807, 2.05) is 43.5 Å². The number of benzene rings is 1. The Labute approximate surface area is 153 Å². The molecule has 2 heterocycles. The van der Waals surface area contributed by atoms with E-state index >= 15 is 0 Å². The molecule has 0 radical (unpaired) electrons. The summed E-state index contributed by atoms with van der Waals surface area (Å²) in [6, 6.07) is 11.4. The summed E-state index contributed by atoms with van der Waals surface area (Å²) < 4.78 is 4.16. The van der Waals surface area contributed by atoms with Gasteiger partial charge in [0, 0.05) is 19.2 Å². The third-order valence-corrected chi connectivity index (χ3v) is 4.38. The van der Waals surface area contributed by atoms with Crippen LogP contribution in [0.4, 0.5) is 5.82 Å². The molecule has 0 saturated heterocycles. The quantitative estimate of drug-likeness (QED) is 0.714. The number of nitriles is 1. The Bertz CT molecular complexity index is 918. The van der Waals surface area contributed by atoms with Gasteiger partial charge >= 0.3 is 0 Å². The number of hydrogen-bond donors (Lipinski definition) is 1. The van der Waals surface area contributed by atoms with Crippen LogP contribution in [0.5, 0.6) is 0 Å². The molecule has 0 atom stereocenters. The molecule has 7 nitrogen and oxygen atoms in total. The minimum atomic E-state index is -0.210. The highest BCUT2D eigenvalue weighted by molar-refractivity contribution is 9.10. The van der Waals surface area contributed by atoms with E-state index in [9.17, 15) is 10.1 Å². The maximum Gasteiger partial charge on any atom is 0.227 e. The summed E-state index contributed by atoms with van der Waals surface area (Å²) in [5.41, 5.74) is 1.95. The van der Waals surface area contributed by atoms with E-state index in [1.54, 1.807) is 9.36 Å². The molecule has 8 heteroatoms. The predicted octanol–water partition coefficient (Wildman–Crippen LogP) is 3.04.